The van der Waals surface area contributed by atoms with E-state index < -0.39 is 0 Å². The second-order valence-electron chi connectivity index (χ2n) is 5.41. The van der Waals surface area contributed by atoms with Crippen LogP contribution in [0.15, 0.2) is 78.4 Å². The van der Waals surface area contributed by atoms with Crippen molar-refractivity contribution in [2.75, 3.05) is 6.54 Å². The highest BCUT2D eigenvalue weighted by atomic mass is 16.2. The largest absolute Gasteiger partial charge is 0.307 e. The first-order valence-electron chi connectivity index (χ1n) is 7.57. The Balaban J connectivity index is 2.05. The first-order chi connectivity index (χ1) is 10.8. The van der Waals surface area contributed by atoms with Crippen molar-refractivity contribution in [3.63, 3.8) is 0 Å². The molecule has 110 valence electrons. The zero-order valence-electron chi connectivity index (χ0n) is 12.7. The summed E-state index contributed by atoms with van der Waals surface area (Å²) in [5.74, 6) is 0.0579. The molecule has 1 heterocycles. The highest BCUT2D eigenvalue weighted by molar-refractivity contribution is 6.00. The van der Waals surface area contributed by atoms with Crippen molar-refractivity contribution in [3.05, 3.63) is 89.5 Å². The number of hydrogen-bond donors (Lipinski definition) is 0. The lowest BCUT2D eigenvalue weighted by atomic mass is 10.0. The Morgan fingerprint density at radius 3 is 2.27 bits per heavy atom. The Morgan fingerprint density at radius 1 is 0.955 bits per heavy atom. The van der Waals surface area contributed by atoms with E-state index in [1.54, 1.807) is 0 Å². The number of hydrogen-bond acceptors (Lipinski definition) is 1. The smallest absolute Gasteiger partial charge is 0.258 e. The van der Waals surface area contributed by atoms with Crippen LogP contribution in [0.4, 0.5) is 0 Å². The molecule has 2 nitrogen and oxygen atoms in total. The third kappa shape index (κ3) is 2.86. The van der Waals surface area contributed by atoms with Crippen LogP contribution < -0.4 is 0 Å². The molecule has 0 aliphatic carbocycles. The summed E-state index contributed by atoms with van der Waals surface area (Å²) in [6.45, 7) is 2.77. The van der Waals surface area contributed by atoms with Gasteiger partial charge in [-0.2, -0.15) is 0 Å². The quantitative estimate of drug-likeness (QED) is 0.796. The van der Waals surface area contributed by atoms with Crippen LogP contribution >= 0.6 is 0 Å². The fourth-order valence-electron chi connectivity index (χ4n) is 2.79. The Labute approximate surface area is 131 Å². The predicted molar refractivity (Wildman–Crippen MR) is 90.3 cm³/mol. The van der Waals surface area contributed by atoms with E-state index in [0.29, 0.717) is 6.54 Å². The van der Waals surface area contributed by atoms with E-state index >= 15 is 0 Å². The van der Waals surface area contributed by atoms with Crippen molar-refractivity contribution in [1.29, 1.82) is 0 Å². The molecule has 2 aromatic carbocycles. The number of carbonyl (C=O) groups is 1. The molecule has 0 saturated heterocycles. The lowest BCUT2D eigenvalue weighted by Gasteiger charge is -2.26. The van der Waals surface area contributed by atoms with Crippen LogP contribution in [0.25, 0.3) is 5.70 Å². The lowest BCUT2D eigenvalue weighted by molar-refractivity contribution is 0.0837. The van der Waals surface area contributed by atoms with Gasteiger partial charge in [-0.15, -0.1) is 0 Å². The third-order valence-corrected chi connectivity index (χ3v) is 3.84. The summed E-state index contributed by atoms with van der Waals surface area (Å²) in [4.78, 5) is 14.8. The molecule has 0 fully saturated rings. The molecule has 0 N–H and O–H groups in total. The Bertz CT molecular complexity index is 714. The minimum absolute atomic E-state index is 0.0579. The van der Waals surface area contributed by atoms with Crippen molar-refractivity contribution in [1.82, 2.24) is 4.90 Å². The van der Waals surface area contributed by atoms with Crippen LogP contribution in [0.3, 0.4) is 0 Å². The van der Waals surface area contributed by atoms with Crippen molar-refractivity contribution in [2.45, 2.75) is 13.3 Å². The molecule has 0 aromatic heterocycles. The van der Waals surface area contributed by atoms with E-state index in [1.807, 2.05) is 53.4 Å². The van der Waals surface area contributed by atoms with Crippen LogP contribution in [0.2, 0.25) is 0 Å². The molecular weight excluding hydrogens is 270 g/mol. The number of benzene rings is 2. The average Bonchev–Trinajstić information content (AvgIpc) is 2.77. The van der Waals surface area contributed by atoms with Gasteiger partial charge in [0.05, 0.1) is 5.70 Å². The van der Waals surface area contributed by atoms with Crippen LogP contribution in [-0.2, 0) is 0 Å². The summed E-state index contributed by atoms with van der Waals surface area (Å²) in [5.41, 5.74) is 3.93. The Morgan fingerprint density at radius 2 is 1.59 bits per heavy atom. The predicted octanol–water partition coefficient (Wildman–Crippen LogP) is 4.52. The zero-order valence-corrected chi connectivity index (χ0v) is 12.7. The van der Waals surface area contributed by atoms with Crippen LogP contribution in [0.1, 0.15) is 29.3 Å². The van der Waals surface area contributed by atoms with Gasteiger partial charge >= 0.3 is 0 Å². The molecule has 1 aliphatic rings. The Hall–Kier alpha value is -2.61. The molecule has 2 aromatic rings. The van der Waals surface area contributed by atoms with Crippen molar-refractivity contribution in [3.8, 4) is 0 Å². The number of amides is 1. The fourth-order valence-corrected chi connectivity index (χ4v) is 2.79. The molecule has 1 aliphatic heterocycles. The van der Waals surface area contributed by atoms with Crippen molar-refractivity contribution >= 4 is 11.6 Å². The second kappa shape index (κ2) is 6.44. The maximum atomic E-state index is 12.9. The lowest BCUT2D eigenvalue weighted by Crippen LogP contribution is -2.30. The number of rotatable bonds is 2. The van der Waals surface area contributed by atoms with Gasteiger partial charge in [0.25, 0.3) is 5.91 Å². The second-order valence-corrected chi connectivity index (χ2v) is 5.41. The maximum absolute atomic E-state index is 12.9. The molecular formula is C20H19NO. The molecule has 0 radical (unpaired) electrons. The number of allylic oxidation sites excluding steroid dienone is 2. The zero-order chi connectivity index (χ0) is 15.4. The molecule has 0 unspecified atom stereocenters. The van der Waals surface area contributed by atoms with Gasteiger partial charge in [-0.25, -0.2) is 0 Å². The normalized spacial score (nSPS) is 14.9. The van der Waals surface area contributed by atoms with E-state index in [9.17, 15) is 4.79 Å². The highest BCUT2D eigenvalue weighted by Crippen LogP contribution is 2.28. The van der Waals surface area contributed by atoms with Gasteiger partial charge in [-0.05, 0) is 36.6 Å². The van der Waals surface area contributed by atoms with Gasteiger partial charge in [0.1, 0.15) is 0 Å². The standard InChI is InChI=1S/C20H19NO/c1-16-10-8-9-15-21(19(16)17-11-4-2-5-12-17)20(22)18-13-6-3-7-14-18/h2-8,10-14H,9,15H2,1H3. The van der Waals surface area contributed by atoms with Gasteiger partial charge < -0.3 is 4.90 Å². The minimum Gasteiger partial charge on any atom is -0.307 e. The van der Waals surface area contributed by atoms with Gasteiger partial charge in [0.2, 0.25) is 0 Å². The number of nitrogens with zero attached hydrogens (tertiary/aromatic N) is 1. The summed E-state index contributed by atoms with van der Waals surface area (Å²) in [5, 5.41) is 0. The molecule has 1 amide bonds. The van der Waals surface area contributed by atoms with Crippen LogP contribution in [-0.4, -0.2) is 17.4 Å². The van der Waals surface area contributed by atoms with Gasteiger partial charge in [0.15, 0.2) is 0 Å². The molecule has 22 heavy (non-hydrogen) atoms. The maximum Gasteiger partial charge on any atom is 0.258 e. The molecule has 0 bridgehead atoms. The molecule has 0 spiro atoms. The molecule has 0 saturated carbocycles. The monoisotopic (exact) mass is 289 g/mol. The van der Waals surface area contributed by atoms with E-state index in [1.165, 1.54) is 0 Å². The highest BCUT2D eigenvalue weighted by Gasteiger charge is 2.22. The van der Waals surface area contributed by atoms with E-state index in [4.69, 9.17) is 0 Å². The SMILES string of the molecule is CC1=C(c2ccccc2)N(C(=O)c2ccccc2)CCC=C1. The summed E-state index contributed by atoms with van der Waals surface area (Å²) < 4.78 is 0. The summed E-state index contributed by atoms with van der Waals surface area (Å²) >= 11 is 0. The molecule has 2 heteroatoms. The minimum atomic E-state index is 0.0579. The summed E-state index contributed by atoms with van der Waals surface area (Å²) in [7, 11) is 0. The average molecular weight is 289 g/mol. The first-order valence-corrected chi connectivity index (χ1v) is 7.57. The van der Waals surface area contributed by atoms with E-state index in [0.717, 1.165) is 28.8 Å². The molecule has 0 atom stereocenters. The summed E-state index contributed by atoms with van der Waals surface area (Å²) in [6, 6.07) is 19.6. The Kier molecular flexibility index (Phi) is 4.19. The summed E-state index contributed by atoms with van der Waals surface area (Å²) in [6.07, 6.45) is 5.11. The topological polar surface area (TPSA) is 20.3 Å². The van der Waals surface area contributed by atoms with Gasteiger partial charge in [-0.3, -0.25) is 4.79 Å². The number of carbonyl (C=O) groups excluding carboxylic acids is 1. The first kappa shape index (κ1) is 14.3. The van der Waals surface area contributed by atoms with Crippen molar-refractivity contribution in [2.24, 2.45) is 0 Å². The van der Waals surface area contributed by atoms with Gasteiger partial charge in [0, 0.05) is 12.1 Å². The third-order valence-electron chi connectivity index (χ3n) is 3.84. The van der Waals surface area contributed by atoms with Gasteiger partial charge in [-0.1, -0.05) is 60.7 Å². The van der Waals surface area contributed by atoms with Crippen LogP contribution in [0, 0.1) is 0 Å². The van der Waals surface area contributed by atoms with E-state index in [2.05, 4.69) is 31.2 Å². The van der Waals surface area contributed by atoms with Crippen LogP contribution in [0.5, 0.6) is 0 Å². The molecule has 3 rings (SSSR count). The van der Waals surface area contributed by atoms with Crippen molar-refractivity contribution < 1.29 is 4.79 Å². The van der Waals surface area contributed by atoms with E-state index in [-0.39, 0.29) is 5.91 Å². The fraction of sp³-hybridized carbons (Fsp3) is 0.150.